The number of ether oxygens (including phenoxy) is 1. The second-order valence-electron chi connectivity index (χ2n) is 6.04. The van der Waals surface area contributed by atoms with Crippen molar-refractivity contribution in [3.63, 3.8) is 0 Å². The molecule has 0 heterocycles. The fraction of sp³-hybridized carbons (Fsp3) is 0.300. The van der Waals surface area contributed by atoms with Crippen molar-refractivity contribution in [2.75, 3.05) is 11.9 Å². The van der Waals surface area contributed by atoms with Crippen LogP contribution >= 0.6 is 0 Å². The van der Waals surface area contributed by atoms with Gasteiger partial charge in [0.05, 0.1) is 17.9 Å². The van der Waals surface area contributed by atoms with Crippen molar-refractivity contribution in [1.29, 1.82) is 0 Å². The first-order chi connectivity index (χ1) is 11.9. The van der Waals surface area contributed by atoms with Gasteiger partial charge in [0.2, 0.25) is 0 Å². The Kier molecular flexibility index (Phi) is 6.17. The number of carbonyl (C=O) groups excluding carboxylic acids is 2. The van der Waals surface area contributed by atoms with E-state index in [4.69, 9.17) is 4.74 Å². The molecule has 5 nitrogen and oxygen atoms in total. The Morgan fingerprint density at radius 2 is 1.80 bits per heavy atom. The van der Waals surface area contributed by atoms with Crippen molar-refractivity contribution in [2.45, 2.75) is 33.7 Å². The van der Waals surface area contributed by atoms with E-state index in [0.29, 0.717) is 23.4 Å². The molecule has 0 aliphatic heterocycles. The zero-order chi connectivity index (χ0) is 18.4. The maximum absolute atomic E-state index is 12.5. The number of rotatable bonds is 6. The third kappa shape index (κ3) is 4.83. The summed E-state index contributed by atoms with van der Waals surface area (Å²) in [5.41, 5.74) is 2.32. The first-order valence-corrected chi connectivity index (χ1v) is 8.37. The molecule has 0 bridgehead atoms. The maximum atomic E-state index is 12.5. The number of anilines is 1. The lowest BCUT2D eigenvalue weighted by Crippen LogP contribution is -2.31. The summed E-state index contributed by atoms with van der Waals surface area (Å²) in [6.07, 6.45) is 0. The fourth-order valence-electron chi connectivity index (χ4n) is 2.43. The molecule has 2 N–H and O–H groups in total. The van der Waals surface area contributed by atoms with Crippen LogP contribution in [0.15, 0.2) is 42.5 Å². The standard InChI is InChI=1S/C20H24N2O3/c1-5-25-18-11-10-15(12-14(18)4)19(23)22-17-9-7-6-8-16(17)20(24)21-13(2)3/h6-13H,5H2,1-4H3,(H,21,24)(H,22,23). The number of hydrogen-bond acceptors (Lipinski definition) is 3. The Labute approximate surface area is 148 Å². The van der Waals surface area contributed by atoms with Crippen LogP contribution in [0.2, 0.25) is 0 Å². The Morgan fingerprint density at radius 1 is 1.08 bits per heavy atom. The molecule has 0 saturated heterocycles. The minimum atomic E-state index is -0.268. The minimum Gasteiger partial charge on any atom is -0.494 e. The molecule has 0 aliphatic rings. The fourth-order valence-corrected chi connectivity index (χ4v) is 2.43. The molecule has 0 spiro atoms. The van der Waals surface area contributed by atoms with Gasteiger partial charge in [0, 0.05) is 11.6 Å². The third-order valence-corrected chi connectivity index (χ3v) is 3.58. The van der Waals surface area contributed by atoms with Crippen LogP contribution in [0, 0.1) is 6.92 Å². The van der Waals surface area contributed by atoms with Crippen LogP contribution in [0.25, 0.3) is 0 Å². The van der Waals surface area contributed by atoms with Gasteiger partial charge in [-0.2, -0.15) is 0 Å². The lowest BCUT2D eigenvalue weighted by atomic mass is 10.1. The lowest BCUT2D eigenvalue weighted by Gasteiger charge is -2.14. The van der Waals surface area contributed by atoms with Crippen LogP contribution < -0.4 is 15.4 Å². The molecule has 0 aliphatic carbocycles. The van der Waals surface area contributed by atoms with E-state index in [9.17, 15) is 9.59 Å². The van der Waals surface area contributed by atoms with Crippen molar-refractivity contribution in [3.05, 3.63) is 59.2 Å². The smallest absolute Gasteiger partial charge is 0.255 e. The van der Waals surface area contributed by atoms with E-state index in [1.807, 2.05) is 27.7 Å². The van der Waals surface area contributed by atoms with Gasteiger partial charge in [-0.05, 0) is 63.6 Å². The molecule has 0 atom stereocenters. The number of benzene rings is 2. The highest BCUT2D eigenvalue weighted by Gasteiger charge is 2.15. The van der Waals surface area contributed by atoms with E-state index in [2.05, 4.69) is 10.6 Å². The van der Waals surface area contributed by atoms with Gasteiger partial charge in [-0.25, -0.2) is 0 Å². The summed E-state index contributed by atoms with van der Waals surface area (Å²) < 4.78 is 5.49. The largest absolute Gasteiger partial charge is 0.494 e. The van der Waals surface area contributed by atoms with E-state index in [0.717, 1.165) is 11.3 Å². The molecular formula is C20H24N2O3. The van der Waals surface area contributed by atoms with Gasteiger partial charge in [0.1, 0.15) is 5.75 Å². The average molecular weight is 340 g/mol. The van der Waals surface area contributed by atoms with Crippen molar-refractivity contribution >= 4 is 17.5 Å². The normalized spacial score (nSPS) is 10.4. The van der Waals surface area contributed by atoms with Crippen LogP contribution in [0.1, 0.15) is 47.1 Å². The van der Waals surface area contributed by atoms with Crippen molar-refractivity contribution in [3.8, 4) is 5.75 Å². The van der Waals surface area contributed by atoms with E-state index >= 15 is 0 Å². The molecule has 0 unspecified atom stereocenters. The molecule has 0 radical (unpaired) electrons. The average Bonchev–Trinajstić information content (AvgIpc) is 2.56. The highest BCUT2D eigenvalue weighted by Crippen LogP contribution is 2.21. The number of hydrogen-bond donors (Lipinski definition) is 2. The van der Waals surface area contributed by atoms with Gasteiger partial charge >= 0.3 is 0 Å². The van der Waals surface area contributed by atoms with Crippen molar-refractivity contribution < 1.29 is 14.3 Å². The predicted molar refractivity (Wildman–Crippen MR) is 99.3 cm³/mol. The van der Waals surface area contributed by atoms with Crippen LogP contribution in [-0.2, 0) is 0 Å². The Morgan fingerprint density at radius 3 is 2.44 bits per heavy atom. The molecule has 2 amide bonds. The van der Waals surface area contributed by atoms with Crippen LogP contribution in [0.3, 0.4) is 0 Å². The Bertz CT molecular complexity index is 769. The van der Waals surface area contributed by atoms with Gasteiger partial charge < -0.3 is 15.4 Å². The number of carbonyl (C=O) groups is 2. The number of aryl methyl sites for hydroxylation is 1. The monoisotopic (exact) mass is 340 g/mol. The van der Waals surface area contributed by atoms with Crippen LogP contribution in [0.5, 0.6) is 5.75 Å². The summed E-state index contributed by atoms with van der Waals surface area (Å²) >= 11 is 0. The molecular weight excluding hydrogens is 316 g/mol. The molecule has 5 heteroatoms. The molecule has 0 aromatic heterocycles. The third-order valence-electron chi connectivity index (χ3n) is 3.58. The van der Waals surface area contributed by atoms with E-state index in [1.54, 1.807) is 42.5 Å². The van der Waals surface area contributed by atoms with Crippen LogP contribution in [0.4, 0.5) is 5.69 Å². The predicted octanol–water partition coefficient (Wildman–Crippen LogP) is 3.78. The summed E-state index contributed by atoms with van der Waals surface area (Å²) in [4.78, 5) is 24.8. The summed E-state index contributed by atoms with van der Waals surface area (Å²) in [7, 11) is 0. The molecule has 0 saturated carbocycles. The lowest BCUT2D eigenvalue weighted by molar-refractivity contribution is 0.0944. The van der Waals surface area contributed by atoms with Gasteiger partial charge in [-0.3, -0.25) is 9.59 Å². The molecule has 2 aromatic rings. The molecule has 25 heavy (non-hydrogen) atoms. The highest BCUT2D eigenvalue weighted by atomic mass is 16.5. The van der Waals surface area contributed by atoms with E-state index in [1.165, 1.54) is 0 Å². The molecule has 132 valence electrons. The summed E-state index contributed by atoms with van der Waals surface area (Å²) in [6, 6.07) is 12.2. The number of amides is 2. The number of nitrogens with one attached hydrogen (secondary N) is 2. The summed E-state index contributed by atoms with van der Waals surface area (Å²) in [5.74, 6) is 0.278. The Hall–Kier alpha value is -2.82. The number of para-hydroxylation sites is 1. The Balaban J connectivity index is 2.21. The van der Waals surface area contributed by atoms with Gasteiger partial charge in [-0.15, -0.1) is 0 Å². The van der Waals surface area contributed by atoms with Gasteiger partial charge in [0.25, 0.3) is 11.8 Å². The van der Waals surface area contributed by atoms with Crippen molar-refractivity contribution in [2.24, 2.45) is 0 Å². The zero-order valence-corrected chi connectivity index (χ0v) is 15.1. The van der Waals surface area contributed by atoms with Crippen LogP contribution in [-0.4, -0.2) is 24.5 Å². The first-order valence-electron chi connectivity index (χ1n) is 8.37. The first kappa shape index (κ1) is 18.5. The summed E-state index contributed by atoms with van der Waals surface area (Å²) in [6.45, 7) is 8.17. The molecule has 2 aromatic carbocycles. The quantitative estimate of drug-likeness (QED) is 0.841. The minimum absolute atomic E-state index is 0.0185. The SMILES string of the molecule is CCOc1ccc(C(=O)Nc2ccccc2C(=O)NC(C)C)cc1C. The summed E-state index contributed by atoms with van der Waals surface area (Å²) in [5, 5.41) is 5.66. The van der Waals surface area contributed by atoms with Crippen molar-refractivity contribution in [1.82, 2.24) is 5.32 Å². The molecule has 2 rings (SSSR count). The van der Waals surface area contributed by atoms with Gasteiger partial charge in [-0.1, -0.05) is 12.1 Å². The zero-order valence-electron chi connectivity index (χ0n) is 15.1. The highest BCUT2D eigenvalue weighted by molar-refractivity contribution is 6.09. The van der Waals surface area contributed by atoms with Gasteiger partial charge in [0.15, 0.2) is 0 Å². The second kappa shape index (κ2) is 8.33. The maximum Gasteiger partial charge on any atom is 0.255 e. The second-order valence-corrected chi connectivity index (χ2v) is 6.04. The molecule has 0 fully saturated rings. The topological polar surface area (TPSA) is 67.4 Å². The van der Waals surface area contributed by atoms with E-state index < -0.39 is 0 Å². The van der Waals surface area contributed by atoms with E-state index in [-0.39, 0.29) is 17.9 Å².